The van der Waals surface area contributed by atoms with E-state index in [0.29, 0.717) is 61.5 Å². The fourth-order valence-electron chi connectivity index (χ4n) is 4.00. The third-order valence-electron chi connectivity index (χ3n) is 5.91. The van der Waals surface area contributed by atoms with Crippen LogP contribution >= 0.6 is 23.8 Å². The summed E-state index contributed by atoms with van der Waals surface area (Å²) in [6.07, 6.45) is 0. The third kappa shape index (κ3) is 7.30. The smallest absolute Gasteiger partial charge is 0.253 e. The molecule has 2 heterocycles. The quantitative estimate of drug-likeness (QED) is 0.246. The van der Waals surface area contributed by atoms with Crippen LogP contribution in [-0.2, 0) is 4.79 Å². The number of hydrogen-bond acceptors (Lipinski definition) is 7. The lowest BCUT2D eigenvalue weighted by Crippen LogP contribution is -2.49. The Balaban J connectivity index is 1.46. The first kappa shape index (κ1) is 27.1. The molecule has 0 saturated carbocycles. The largest absolute Gasteiger partial charge is 0.376 e. The summed E-state index contributed by atoms with van der Waals surface area (Å²) in [6.45, 7) is 4.82. The van der Waals surface area contributed by atoms with E-state index in [2.05, 4.69) is 25.8 Å². The van der Waals surface area contributed by atoms with E-state index in [1.54, 1.807) is 36.4 Å². The number of piperazine rings is 1. The molecular formula is C26H29ClN8O2S. The molecule has 0 bridgehead atoms. The fourth-order valence-corrected chi connectivity index (χ4v) is 4.25. The maximum absolute atomic E-state index is 13.1. The molecule has 2 amide bonds. The molecule has 1 aliphatic heterocycles. The zero-order valence-corrected chi connectivity index (χ0v) is 22.5. The molecule has 0 spiro atoms. The number of amides is 2. The number of carbonyl (C=O) groups excluding carboxylic acids is 2. The Kier molecular flexibility index (Phi) is 8.93. The Morgan fingerprint density at radius 1 is 1.00 bits per heavy atom. The van der Waals surface area contributed by atoms with Gasteiger partial charge in [0.1, 0.15) is 11.6 Å². The number of halogens is 1. The minimum absolute atomic E-state index is 0.0311. The zero-order chi connectivity index (χ0) is 27.1. The van der Waals surface area contributed by atoms with Crippen LogP contribution in [0.15, 0.2) is 54.6 Å². The van der Waals surface area contributed by atoms with Gasteiger partial charge in [-0.25, -0.2) is 9.97 Å². The number of carbonyl (C=O) groups is 2. The molecule has 12 heteroatoms. The summed E-state index contributed by atoms with van der Waals surface area (Å²) >= 11 is 10.9. The Labute approximate surface area is 231 Å². The molecule has 1 saturated heterocycles. The molecule has 3 aromatic rings. The molecule has 0 unspecified atom stereocenters. The van der Waals surface area contributed by atoms with Crippen LogP contribution in [0.1, 0.15) is 17.3 Å². The average Bonchev–Trinajstić information content (AvgIpc) is 2.91. The van der Waals surface area contributed by atoms with Crippen LogP contribution in [0.3, 0.4) is 0 Å². The summed E-state index contributed by atoms with van der Waals surface area (Å²) in [5, 5.41) is 9.69. The highest BCUT2D eigenvalue weighted by molar-refractivity contribution is 7.80. The van der Waals surface area contributed by atoms with Gasteiger partial charge in [0.15, 0.2) is 10.9 Å². The molecule has 1 fully saturated rings. The van der Waals surface area contributed by atoms with Crippen LogP contribution in [0.25, 0.3) is 11.4 Å². The van der Waals surface area contributed by atoms with Crippen molar-refractivity contribution < 1.29 is 9.59 Å². The van der Waals surface area contributed by atoms with Crippen molar-refractivity contribution in [3.05, 3.63) is 65.2 Å². The van der Waals surface area contributed by atoms with Gasteiger partial charge in [-0.1, -0.05) is 11.6 Å². The summed E-state index contributed by atoms with van der Waals surface area (Å²) in [7, 11) is 0. The maximum atomic E-state index is 13.1. The molecule has 5 N–H and O–H groups in total. The van der Waals surface area contributed by atoms with Crippen LogP contribution in [0.5, 0.6) is 0 Å². The van der Waals surface area contributed by atoms with Crippen molar-refractivity contribution >= 4 is 58.1 Å². The zero-order valence-electron chi connectivity index (χ0n) is 20.9. The Bertz CT molecular complexity index is 1300. The van der Waals surface area contributed by atoms with Gasteiger partial charge in [0.05, 0.1) is 0 Å². The second kappa shape index (κ2) is 12.5. The van der Waals surface area contributed by atoms with Gasteiger partial charge >= 0.3 is 0 Å². The molecule has 38 heavy (non-hydrogen) atoms. The molecule has 0 aliphatic carbocycles. The number of thiocarbonyl (C=S) groups is 1. The number of nitrogens with zero attached hydrogens (tertiary/aromatic N) is 4. The number of nitrogens with two attached hydrogens (primary N) is 1. The average molecular weight is 553 g/mol. The van der Waals surface area contributed by atoms with Crippen LogP contribution in [-0.4, -0.2) is 71.1 Å². The van der Waals surface area contributed by atoms with Crippen molar-refractivity contribution in [2.45, 2.75) is 6.92 Å². The summed E-state index contributed by atoms with van der Waals surface area (Å²) in [5.74, 6) is 1.85. The lowest BCUT2D eigenvalue weighted by atomic mass is 10.1. The number of hydrogen-bond donors (Lipinski definition) is 4. The minimum atomic E-state index is -0.0864. The molecule has 1 aromatic heterocycles. The Hall–Kier alpha value is -3.96. The van der Waals surface area contributed by atoms with Crippen molar-refractivity contribution in [3.63, 3.8) is 0 Å². The molecule has 0 atom stereocenters. The number of benzene rings is 2. The normalized spacial score (nSPS) is 13.1. The standard InChI is InChI=1S/C26H29ClN8O2S/c1-17(36)29-10-11-30-22-16-23(33-24(32-22)18-2-6-20(27)7-3-18)34-12-14-35(15-13-34)25(37)19-4-8-21(9-5-19)31-26(28)38/h2-9,16H,10-15H2,1H3,(H,29,36)(H3,28,31,38)(H,30,32,33). The topological polar surface area (TPSA) is 129 Å². The van der Waals surface area contributed by atoms with Crippen LogP contribution in [0, 0.1) is 0 Å². The first-order chi connectivity index (χ1) is 18.3. The lowest BCUT2D eigenvalue weighted by Gasteiger charge is -2.35. The van der Waals surface area contributed by atoms with E-state index >= 15 is 0 Å². The van der Waals surface area contributed by atoms with Gasteiger partial charge in [-0.15, -0.1) is 0 Å². The number of aromatic nitrogens is 2. The first-order valence-electron chi connectivity index (χ1n) is 12.1. The molecule has 0 radical (unpaired) electrons. The lowest BCUT2D eigenvalue weighted by molar-refractivity contribution is -0.118. The van der Waals surface area contributed by atoms with E-state index in [4.69, 9.17) is 34.5 Å². The highest BCUT2D eigenvalue weighted by atomic mass is 35.5. The highest BCUT2D eigenvalue weighted by Gasteiger charge is 2.24. The molecule has 1 aliphatic rings. The van der Waals surface area contributed by atoms with Gasteiger partial charge in [-0.3, -0.25) is 9.59 Å². The Morgan fingerprint density at radius 3 is 2.32 bits per heavy atom. The van der Waals surface area contributed by atoms with Crippen LogP contribution in [0.2, 0.25) is 5.02 Å². The van der Waals surface area contributed by atoms with Gasteiger partial charge in [-0.05, 0) is 60.7 Å². The van der Waals surface area contributed by atoms with Gasteiger partial charge in [0.2, 0.25) is 5.91 Å². The molecule has 4 rings (SSSR count). The van der Waals surface area contributed by atoms with Crippen molar-refractivity contribution in [1.29, 1.82) is 0 Å². The van der Waals surface area contributed by atoms with E-state index in [1.165, 1.54) is 6.92 Å². The molecule has 198 valence electrons. The van der Waals surface area contributed by atoms with Crippen molar-refractivity contribution in [2.75, 3.05) is 54.8 Å². The van der Waals surface area contributed by atoms with Crippen molar-refractivity contribution in [1.82, 2.24) is 20.2 Å². The van der Waals surface area contributed by atoms with Crippen LogP contribution in [0.4, 0.5) is 17.3 Å². The third-order valence-corrected chi connectivity index (χ3v) is 6.26. The van der Waals surface area contributed by atoms with Crippen molar-refractivity contribution in [3.8, 4) is 11.4 Å². The predicted octanol–water partition coefficient (Wildman–Crippen LogP) is 2.96. The minimum Gasteiger partial charge on any atom is -0.376 e. The van der Waals surface area contributed by atoms with E-state index in [-0.39, 0.29) is 16.9 Å². The first-order valence-corrected chi connectivity index (χ1v) is 12.9. The fraction of sp³-hybridized carbons (Fsp3) is 0.269. The summed E-state index contributed by atoms with van der Waals surface area (Å²) in [4.78, 5) is 37.7. The van der Waals surface area contributed by atoms with E-state index in [9.17, 15) is 9.59 Å². The van der Waals surface area contributed by atoms with Gasteiger partial charge in [0, 0.05) is 74.1 Å². The van der Waals surface area contributed by atoms with Gasteiger partial charge in [0.25, 0.3) is 5.91 Å². The van der Waals surface area contributed by atoms with Gasteiger partial charge in [-0.2, -0.15) is 0 Å². The summed E-state index contributed by atoms with van der Waals surface area (Å²) in [5.41, 5.74) is 7.68. The maximum Gasteiger partial charge on any atom is 0.253 e. The molecular weight excluding hydrogens is 524 g/mol. The van der Waals surface area contributed by atoms with Gasteiger partial charge < -0.3 is 31.5 Å². The second-order valence-corrected chi connectivity index (χ2v) is 9.57. The number of nitrogens with one attached hydrogen (secondary N) is 3. The summed E-state index contributed by atoms with van der Waals surface area (Å²) in [6, 6.07) is 16.3. The van der Waals surface area contributed by atoms with Crippen LogP contribution < -0.4 is 26.6 Å². The number of anilines is 3. The second-order valence-electron chi connectivity index (χ2n) is 8.70. The predicted molar refractivity (Wildman–Crippen MR) is 155 cm³/mol. The Morgan fingerprint density at radius 2 is 1.68 bits per heavy atom. The molecule has 2 aromatic carbocycles. The SMILES string of the molecule is CC(=O)NCCNc1cc(N2CCN(C(=O)c3ccc(NC(N)=S)cc3)CC2)nc(-c2ccc(Cl)cc2)n1. The van der Waals surface area contributed by atoms with E-state index in [1.807, 2.05) is 23.1 Å². The molecule has 10 nitrogen and oxygen atoms in total. The highest BCUT2D eigenvalue weighted by Crippen LogP contribution is 2.25. The van der Waals surface area contributed by atoms with E-state index in [0.717, 1.165) is 17.1 Å². The van der Waals surface area contributed by atoms with E-state index < -0.39 is 0 Å². The monoisotopic (exact) mass is 552 g/mol. The summed E-state index contributed by atoms with van der Waals surface area (Å²) < 4.78 is 0. The number of rotatable bonds is 8. The van der Waals surface area contributed by atoms with Crippen molar-refractivity contribution in [2.24, 2.45) is 5.73 Å².